The molecule has 1 aromatic carbocycles. The second kappa shape index (κ2) is 6.08. The number of carbonyl (C=O) groups excluding carboxylic acids is 1. The van der Waals surface area contributed by atoms with E-state index in [-0.39, 0.29) is 12.5 Å². The van der Waals surface area contributed by atoms with Crippen LogP contribution in [0.4, 0.5) is 4.39 Å². The Bertz CT molecular complexity index is 716. The molecule has 3 rings (SSSR count). The van der Waals surface area contributed by atoms with Crippen molar-refractivity contribution in [2.45, 2.75) is 31.9 Å². The largest absolute Gasteiger partial charge is 0.375 e. The lowest BCUT2D eigenvalue weighted by molar-refractivity contribution is -0.143. The van der Waals surface area contributed by atoms with E-state index in [4.69, 9.17) is 0 Å². The summed E-state index contributed by atoms with van der Waals surface area (Å²) in [5.74, 6) is -1.19. The average Bonchev–Trinajstić information content (AvgIpc) is 3.40. The van der Waals surface area contributed by atoms with Crippen molar-refractivity contribution in [3.63, 3.8) is 0 Å². The van der Waals surface area contributed by atoms with Gasteiger partial charge in [0.1, 0.15) is 0 Å². The number of rotatable bonds is 5. The lowest BCUT2D eigenvalue weighted by Crippen LogP contribution is -2.46. The molecule has 2 N–H and O–H groups in total. The van der Waals surface area contributed by atoms with Gasteiger partial charge in [0.25, 0.3) is 5.91 Å². The van der Waals surface area contributed by atoms with E-state index in [1.807, 2.05) is 13.0 Å². The van der Waals surface area contributed by atoms with Crippen molar-refractivity contribution in [2.24, 2.45) is 5.92 Å². The van der Waals surface area contributed by atoms with Crippen LogP contribution in [0.3, 0.4) is 0 Å². The molecular formula is C18H19FN2O2. The monoisotopic (exact) mass is 314 g/mol. The number of hydrogen-bond donors (Lipinski definition) is 2. The molecule has 1 fully saturated rings. The zero-order chi connectivity index (χ0) is 16.4. The summed E-state index contributed by atoms with van der Waals surface area (Å²) in [6, 6.07) is 10.5. The van der Waals surface area contributed by atoms with Gasteiger partial charge in [-0.2, -0.15) is 4.39 Å². The van der Waals surface area contributed by atoms with Crippen molar-refractivity contribution in [1.82, 2.24) is 10.3 Å². The van der Waals surface area contributed by atoms with Gasteiger partial charge in [-0.25, -0.2) is 4.98 Å². The highest BCUT2D eigenvalue weighted by molar-refractivity contribution is 5.87. The summed E-state index contributed by atoms with van der Waals surface area (Å²) in [5, 5.41) is 13.6. The second-order valence-corrected chi connectivity index (χ2v) is 6.05. The molecule has 5 heteroatoms. The van der Waals surface area contributed by atoms with E-state index >= 15 is 0 Å². The van der Waals surface area contributed by atoms with Gasteiger partial charge in [0.05, 0.1) is 0 Å². The predicted molar refractivity (Wildman–Crippen MR) is 83.8 cm³/mol. The smallest absolute Gasteiger partial charge is 0.257 e. The fourth-order valence-corrected chi connectivity index (χ4v) is 2.79. The number of nitrogens with zero attached hydrogens (tertiary/aromatic N) is 1. The third kappa shape index (κ3) is 3.10. The van der Waals surface area contributed by atoms with Crippen molar-refractivity contribution in [2.75, 3.05) is 0 Å². The first-order valence-electron chi connectivity index (χ1n) is 7.69. The zero-order valence-corrected chi connectivity index (χ0v) is 12.9. The van der Waals surface area contributed by atoms with E-state index in [2.05, 4.69) is 10.3 Å². The van der Waals surface area contributed by atoms with Gasteiger partial charge in [-0.3, -0.25) is 4.79 Å². The van der Waals surface area contributed by atoms with Gasteiger partial charge in [-0.15, -0.1) is 0 Å². The lowest BCUT2D eigenvalue weighted by atomic mass is 9.88. The van der Waals surface area contributed by atoms with Crippen LogP contribution in [-0.2, 0) is 16.9 Å². The summed E-state index contributed by atoms with van der Waals surface area (Å²) in [6.07, 6.45) is 3.05. The number of pyridine rings is 1. The minimum atomic E-state index is -1.56. The molecule has 1 aliphatic carbocycles. The van der Waals surface area contributed by atoms with Gasteiger partial charge in [-0.1, -0.05) is 30.3 Å². The molecule has 120 valence electrons. The number of benzene rings is 1. The van der Waals surface area contributed by atoms with Gasteiger partial charge in [0.15, 0.2) is 5.60 Å². The Hall–Kier alpha value is -2.27. The van der Waals surface area contributed by atoms with Crippen molar-refractivity contribution >= 4 is 5.91 Å². The maximum Gasteiger partial charge on any atom is 0.257 e. The highest BCUT2D eigenvalue weighted by atomic mass is 19.1. The summed E-state index contributed by atoms with van der Waals surface area (Å²) in [6.45, 7) is 1.81. The molecule has 23 heavy (non-hydrogen) atoms. The molecule has 2 aromatic rings. The molecule has 4 nitrogen and oxygen atoms in total. The SMILES string of the molecule is Cc1cnc(F)c(CNC(=O)[C@](O)(c2ccccc2)C2CC2)c1. The summed E-state index contributed by atoms with van der Waals surface area (Å²) < 4.78 is 13.7. The first-order chi connectivity index (χ1) is 11.0. The number of carbonyl (C=O) groups is 1. The van der Waals surface area contributed by atoms with Crippen LogP contribution < -0.4 is 5.32 Å². The molecule has 0 bridgehead atoms. The van der Waals surface area contributed by atoms with E-state index in [1.165, 1.54) is 6.20 Å². The van der Waals surface area contributed by atoms with Crippen LogP contribution in [-0.4, -0.2) is 16.0 Å². The van der Waals surface area contributed by atoms with Gasteiger partial charge < -0.3 is 10.4 Å². The standard InChI is InChI=1S/C18H19FN2O2/c1-12-9-13(16(19)20-10-12)11-21-17(22)18(23,15-7-8-15)14-5-3-2-4-6-14/h2-6,9-10,15,23H,7-8,11H2,1H3,(H,21,22)/t18-/m0/s1. The summed E-state index contributed by atoms with van der Waals surface area (Å²) in [7, 11) is 0. The summed E-state index contributed by atoms with van der Waals surface area (Å²) in [5.41, 5.74) is 0.137. The van der Waals surface area contributed by atoms with Crippen LogP contribution in [0.1, 0.15) is 29.5 Å². The Labute approximate surface area is 134 Å². The van der Waals surface area contributed by atoms with Crippen molar-refractivity contribution in [3.05, 3.63) is 65.2 Å². The summed E-state index contributed by atoms with van der Waals surface area (Å²) in [4.78, 5) is 16.3. The molecule has 0 radical (unpaired) electrons. The molecule has 1 heterocycles. The third-order valence-electron chi connectivity index (χ3n) is 4.22. The Morgan fingerprint density at radius 1 is 1.39 bits per heavy atom. The Morgan fingerprint density at radius 2 is 2.09 bits per heavy atom. The quantitative estimate of drug-likeness (QED) is 0.833. The Morgan fingerprint density at radius 3 is 2.74 bits per heavy atom. The normalized spacial score (nSPS) is 16.7. The van der Waals surface area contributed by atoms with Gasteiger partial charge in [-0.05, 0) is 37.0 Å². The first-order valence-corrected chi connectivity index (χ1v) is 7.69. The van der Waals surface area contributed by atoms with E-state index < -0.39 is 17.5 Å². The van der Waals surface area contributed by atoms with E-state index in [9.17, 15) is 14.3 Å². The lowest BCUT2D eigenvalue weighted by Gasteiger charge is -2.27. The molecule has 1 amide bonds. The number of aromatic nitrogens is 1. The predicted octanol–water partition coefficient (Wildman–Crippen LogP) is 2.44. The molecule has 1 saturated carbocycles. The molecule has 1 aromatic heterocycles. The number of aliphatic hydroxyl groups is 1. The Kier molecular flexibility index (Phi) is 4.13. The molecule has 1 atom stereocenters. The number of halogens is 1. The van der Waals surface area contributed by atoms with Crippen molar-refractivity contribution in [3.8, 4) is 0 Å². The maximum atomic E-state index is 13.7. The minimum Gasteiger partial charge on any atom is -0.375 e. The second-order valence-electron chi connectivity index (χ2n) is 6.05. The third-order valence-corrected chi connectivity index (χ3v) is 4.22. The maximum absolute atomic E-state index is 13.7. The average molecular weight is 314 g/mol. The molecular weight excluding hydrogens is 295 g/mol. The zero-order valence-electron chi connectivity index (χ0n) is 12.9. The fourth-order valence-electron chi connectivity index (χ4n) is 2.79. The summed E-state index contributed by atoms with van der Waals surface area (Å²) >= 11 is 0. The van der Waals surface area contributed by atoms with Crippen molar-refractivity contribution in [1.29, 1.82) is 0 Å². The number of aryl methyl sites for hydroxylation is 1. The Balaban J connectivity index is 1.79. The number of amides is 1. The van der Waals surface area contributed by atoms with Gasteiger partial charge >= 0.3 is 0 Å². The number of nitrogens with one attached hydrogen (secondary N) is 1. The van der Waals surface area contributed by atoms with E-state index in [0.29, 0.717) is 11.1 Å². The highest BCUT2D eigenvalue weighted by Crippen LogP contribution is 2.45. The van der Waals surface area contributed by atoms with Crippen molar-refractivity contribution < 1.29 is 14.3 Å². The topological polar surface area (TPSA) is 62.2 Å². The first kappa shape index (κ1) is 15.6. The number of hydrogen-bond acceptors (Lipinski definition) is 3. The van der Waals surface area contributed by atoms with E-state index in [0.717, 1.165) is 18.4 Å². The molecule has 0 aliphatic heterocycles. The van der Waals surface area contributed by atoms with Crippen LogP contribution >= 0.6 is 0 Å². The van der Waals surface area contributed by atoms with E-state index in [1.54, 1.807) is 30.3 Å². The van der Waals surface area contributed by atoms with Crippen LogP contribution in [0.5, 0.6) is 0 Å². The van der Waals surface area contributed by atoms with Gasteiger partial charge in [0, 0.05) is 24.2 Å². The van der Waals surface area contributed by atoms with Gasteiger partial charge in [0.2, 0.25) is 5.95 Å². The van der Waals surface area contributed by atoms with Crippen LogP contribution in [0, 0.1) is 18.8 Å². The molecule has 1 aliphatic rings. The van der Waals surface area contributed by atoms with Crippen LogP contribution in [0.2, 0.25) is 0 Å². The minimum absolute atomic E-state index is 0.00120. The fraction of sp³-hybridized carbons (Fsp3) is 0.333. The molecule has 0 spiro atoms. The molecule has 0 unspecified atom stereocenters. The van der Waals surface area contributed by atoms with Crippen LogP contribution in [0.15, 0.2) is 42.6 Å². The highest BCUT2D eigenvalue weighted by Gasteiger charge is 2.50. The van der Waals surface area contributed by atoms with Crippen LogP contribution in [0.25, 0.3) is 0 Å². The molecule has 0 saturated heterocycles.